The molecule has 1 heterocycles. The number of benzene rings is 1. The highest BCUT2D eigenvalue weighted by Gasteiger charge is 2.30. The van der Waals surface area contributed by atoms with Gasteiger partial charge in [-0.2, -0.15) is 4.72 Å². The molecule has 0 radical (unpaired) electrons. The van der Waals surface area contributed by atoms with E-state index in [0.717, 1.165) is 12.8 Å². The van der Waals surface area contributed by atoms with E-state index >= 15 is 0 Å². The second kappa shape index (κ2) is 7.79. The van der Waals surface area contributed by atoms with Crippen LogP contribution in [-0.4, -0.2) is 49.6 Å². The number of hydrogen-bond acceptors (Lipinski definition) is 4. The molecule has 2 atom stereocenters. The van der Waals surface area contributed by atoms with Crippen LogP contribution < -0.4 is 4.72 Å². The van der Waals surface area contributed by atoms with Gasteiger partial charge in [-0.15, -0.1) is 6.42 Å². The number of terminal acetylenes is 1. The Morgan fingerprint density at radius 2 is 2.12 bits per heavy atom. The molecule has 0 bridgehead atoms. The van der Waals surface area contributed by atoms with E-state index in [1.54, 1.807) is 11.8 Å². The minimum absolute atomic E-state index is 0.0261. The Kier molecular flexibility index (Phi) is 5.99. The molecule has 1 aromatic carbocycles. The second-order valence-electron chi connectivity index (χ2n) is 5.93. The van der Waals surface area contributed by atoms with Crippen molar-refractivity contribution >= 4 is 15.9 Å². The van der Waals surface area contributed by atoms with Crippen LogP contribution in [0.15, 0.2) is 29.2 Å². The average Bonchev–Trinajstić information content (AvgIpc) is 2.99. The first-order chi connectivity index (χ1) is 11.3. The van der Waals surface area contributed by atoms with Gasteiger partial charge >= 0.3 is 0 Å². The van der Waals surface area contributed by atoms with E-state index in [9.17, 15) is 18.3 Å². The predicted molar refractivity (Wildman–Crippen MR) is 90.8 cm³/mol. The normalized spacial score (nSPS) is 19.0. The van der Waals surface area contributed by atoms with Gasteiger partial charge in [-0.1, -0.05) is 5.92 Å². The summed E-state index contributed by atoms with van der Waals surface area (Å²) < 4.78 is 26.2. The maximum atomic E-state index is 12.6. The Bertz CT molecular complexity index is 720. The number of aliphatic hydroxyl groups excluding tert-OH is 1. The van der Waals surface area contributed by atoms with Crippen LogP contribution in [0.3, 0.4) is 0 Å². The van der Waals surface area contributed by atoms with E-state index in [1.807, 2.05) is 0 Å². The standard InChI is InChI=1S/C17H22N2O4S/c1-3-10-18-24(22,23)16-8-6-14(7-9-16)17(21)19-11-4-5-15(19)12-13(2)20/h1,6-9,13,15,18,20H,4-5,10-12H2,2H3/t13-,15+/m0/s1. The van der Waals surface area contributed by atoms with Crippen LogP contribution in [0.4, 0.5) is 0 Å². The van der Waals surface area contributed by atoms with Crippen molar-refractivity contribution in [3.05, 3.63) is 29.8 Å². The Labute approximate surface area is 142 Å². The first-order valence-corrected chi connectivity index (χ1v) is 9.35. The van der Waals surface area contributed by atoms with Gasteiger partial charge in [0.2, 0.25) is 10.0 Å². The molecule has 1 fully saturated rings. The van der Waals surface area contributed by atoms with E-state index in [4.69, 9.17) is 6.42 Å². The first-order valence-electron chi connectivity index (χ1n) is 7.87. The molecule has 6 nitrogen and oxygen atoms in total. The summed E-state index contributed by atoms with van der Waals surface area (Å²) in [7, 11) is -3.66. The first kappa shape index (κ1) is 18.5. The number of nitrogens with one attached hydrogen (secondary N) is 1. The van der Waals surface area contributed by atoms with Crippen molar-refractivity contribution in [2.45, 2.75) is 43.2 Å². The summed E-state index contributed by atoms with van der Waals surface area (Å²) >= 11 is 0. The lowest BCUT2D eigenvalue weighted by Gasteiger charge is -2.25. The van der Waals surface area contributed by atoms with Crippen molar-refractivity contribution < 1.29 is 18.3 Å². The lowest BCUT2D eigenvalue weighted by Crippen LogP contribution is -2.37. The van der Waals surface area contributed by atoms with Crippen molar-refractivity contribution in [1.82, 2.24) is 9.62 Å². The van der Waals surface area contributed by atoms with Gasteiger partial charge in [-0.05, 0) is 50.5 Å². The third-order valence-electron chi connectivity index (χ3n) is 4.03. The molecule has 130 valence electrons. The van der Waals surface area contributed by atoms with Gasteiger partial charge in [0.1, 0.15) is 0 Å². The third-order valence-corrected chi connectivity index (χ3v) is 5.44. The Hall–Kier alpha value is -1.88. The van der Waals surface area contributed by atoms with E-state index in [2.05, 4.69) is 10.6 Å². The molecule has 2 rings (SSSR count). The fourth-order valence-electron chi connectivity index (χ4n) is 2.90. The molecule has 0 aliphatic carbocycles. The van der Waals surface area contributed by atoms with Crippen molar-refractivity contribution in [2.75, 3.05) is 13.1 Å². The fraction of sp³-hybridized carbons (Fsp3) is 0.471. The van der Waals surface area contributed by atoms with Crippen LogP contribution in [0.25, 0.3) is 0 Å². The summed E-state index contributed by atoms with van der Waals surface area (Å²) in [4.78, 5) is 14.4. The van der Waals surface area contributed by atoms with Crippen LogP contribution in [0.1, 0.15) is 36.5 Å². The van der Waals surface area contributed by atoms with Gasteiger partial charge in [0, 0.05) is 18.2 Å². The molecule has 0 spiro atoms. The molecule has 0 aromatic heterocycles. The maximum absolute atomic E-state index is 12.6. The predicted octanol–water partition coefficient (Wildman–Crippen LogP) is 0.974. The fourth-order valence-corrected chi connectivity index (χ4v) is 3.84. The summed E-state index contributed by atoms with van der Waals surface area (Å²) in [6, 6.07) is 5.82. The highest BCUT2D eigenvalue weighted by Crippen LogP contribution is 2.24. The van der Waals surface area contributed by atoms with Gasteiger partial charge < -0.3 is 10.0 Å². The maximum Gasteiger partial charge on any atom is 0.254 e. The highest BCUT2D eigenvalue weighted by molar-refractivity contribution is 7.89. The molecule has 7 heteroatoms. The minimum atomic E-state index is -3.66. The molecule has 2 N–H and O–H groups in total. The molecule has 1 aromatic rings. The van der Waals surface area contributed by atoms with Gasteiger partial charge in [0.05, 0.1) is 17.5 Å². The lowest BCUT2D eigenvalue weighted by molar-refractivity contribution is 0.0682. The monoisotopic (exact) mass is 350 g/mol. The van der Waals surface area contributed by atoms with Crippen molar-refractivity contribution in [3.8, 4) is 12.3 Å². The molecule has 0 unspecified atom stereocenters. The van der Waals surface area contributed by atoms with Gasteiger partial charge in [0.15, 0.2) is 0 Å². The largest absolute Gasteiger partial charge is 0.393 e. The SMILES string of the molecule is C#CCNS(=O)(=O)c1ccc(C(=O)N2CCC[C@@H]2C[C@H](C)O)cc1. The second-order valence-corrected chi connectivity index (χ2v) is 7.70. The van der Waals surface area contributed by atoms with Crippen molar-refractivity contribution in [1.29, 1.82) is 0 Å². The Balaban J connectivity index is 2.13. The molecule has 1 aliphatic rings. The summed E-state index contributed by atoms with van der Waals surface area (Å²) in [5, 5.41) is 9.55. The van der Waals surface area contributed by atoms with E-state index in [-0.39, 0.29) is 23.4 Å². The zero-order chi connectivity index (χ0) is 17.7. The third kappa shape index (κ3) is 4.35. The summed E-state index contributed by atoms with van der Waals surface area (Å²) in [6.45, 7) is 2.28. The number of hydrogen-bond donors (Lipinski definition) is 2. The number of nitrogens with zero attached hydrogens (tertiary/aromatic N) is 1. The zero-order valence-electron chi connectivity index (χ0n) is 13.6. The van der Waals surface area contributed by atoms with Crippen LogP contribution in [-0.2, 0) is 10.0 Å². The van der Waals surface area contributed by atoms with E-state index in [1.165, 1.54) is 24.3 Å². The molecule has 24 heavy (non-hydrogen) atoms. The number of carbonyl (C=O) groups is 1. The molecular weight excluding hydrogens is 328 g/mol. The summed E-state index contributed by atoms with van der Waals surface area (Å²) in [6.07, 6.45) is 6.92. The molecule has 0 saturated carbocycles. The van der Waals surface area contributed by atoms with Crippen LogP contribution in [0.5, 0.6) is 0 Å². The van der Waals surface area contributed by atoms with Crippen molar-refractivity contribution in [3.63, 3.8) is 0 Å². The van der Waals surface area contributed by atoms with Crippen LogP contribution >= 0.6 is 0 Å². The van der Waals surface area contributed by atoms with Crippen LogP contribution in [0.2, 0.25) is 0 Å². The van der Waals surface area contributed by atoms with E-state index in [0.29, 0.717) is 18.5 Å². The topological polar surface area (TPSA) is 86.7 Å². The van der Waals surface area contributed by atoms with Crippen LogP contribution in [0, 0.1) is 12.3 Å². The van der Waals surface area contributed by atoms with Crippen molar-refractivity contribution in [2.24, 2.45) is 0 Å². The lowest BCUT2D eigenvalue weighted by atomic mass is 10.1. The molecule has 1 aliphatic heterocycles. The average molecular weight is 350 g/mol. The highest BCUT2D eigenvalue weighted by atomic mass is 32.2. The molecule has 1 amide bonds. The Morgan fingerprint density at radius 3 is 2.71 bits per heavy atom. The summed E-state index contributed by atoms with van der Waals surface area (Å²) in [5.41, 5.74) is 0.434. The number of rotatable bonds is 6. The number of likely N-dealkylation sites (tertiary alicyclic amines) is 1. The Morgan fingerprint density at radius 1 is 1.46 bits per heavy atom. The zero-order valence-corrected chi connectivity index (χ0v) is 14.4. The number of aliphatic hydroxyl groups is 1. The smallest absolute Gasteiger partial charge is 0.254 e. The van der Waals surface area contributed by atoms with E-state index < -0.39 is 16.1 Å². The van der Waals surface area contributed by atoms with Gasteiger partial charge in [0.25, 0.3) is 5.91 Å². The van der Waals surface area contributed by atoms with Gasteiger partial charge in [-0.3, -0.25) is 4.79 Å². The number of sulfonamides is 1. The quantitative estimate of drug-likeness (QED) is 0.749. The molecule has 1 saturated heterocycles. The summed E-state index contributed by atoms with van der Waals surface area (Å²) in [5.74, 6) is 2.07. The minimum Gasteiger partial charge on any atom is -0.393 e. The number of carbonyl (C=O) groups excluding carboxylic acids is 1. The molecular formula is C17H22N2O4S. The number of amides is 1. The van der Waals surface area contributed by atoms with Gasteiger partial charge in [-0.25, -0.2) is 8.42 Å².